The Morgan fingerprint density at radius 1 is 1.58 bits per heavy atom. The summed E-state index contributed by atoms with van der Waals surface area (Å²) in [7, 11) is -2.84. The Morgan fingerprint density at radius 3 is 3.00 bits per heavy atom. The SMILES string of the molecule is CCC(C)n1ccc(CNCC2CCCS2(=O)=O)n1. The van der Waals surface area contributed by atoms with E-state index in [0.717, 1.165) is 25.0 Å². The molecule has 0 radical (unpaired) electrons. The first-order chi connectivity index (χ1) is 9.03. The van der Waals surface area contributed by atoms with Gasteiger partial charge in [0.2, 0.25) is 0 Å². The van der Waals surface area contributed by atoms with Crippen LogP contribution in [0.15, 0.2) is 12.3 Å². The molecule has 0 bridgehead atoms. The highest BCUT2D eigenvalue weighted by Gasteiger charge is 2.30. The minimum Gasteiger partial charge on any atom is -0.310 e. The molecule has 1 aromatic rings. The number of hydrogen-bond donors (Lipinski definition) is 1. The number of nitrogens with one attached hydrogen (secondary N) is 1. The normalized spacial score (nSPS) is 23.6. The molecule has 1 fully saturated rings. The first kappa shape index (κ1) is 14.5. The van der Waals surface area contributed by atoms with Crippen molar-refractivity contribution in [1.29, 1.82) is 0 Å². The van der Waals surface area contributed by atoms with Crippen molar-refractivity contribution in [2.45, 2.75) is 50.9 Å². The predicted molar refractivity (Wildman–Crippen MR) is 75.7 cm³/mol. The monoisotopic (exact) mass is 285 g/mol. The van der Waals surface area contributed by atoms with Crippen LogP contribution in [0.2, 0.25) is 0 Å². The summed E-state index contributed by atoms with van der Waals surface area (Å²) in [5, 5.41) is 7.50. The standard InChI is InChI=1S/C13H23N3O2S/c1-3-11(2)16-7-6-12(15-16)9-14-10-13-5-4-8-19(13,17)18/h6-7,11,13-14H,3-5,8-10H2,1-2H3. The van der Waals surface area contributed by atoms with E-state index in [2.05, 4.69) is 24.3 Å². The summed E-state index contributed by atoms with van der Waals surface area (Å²) < 4.78 is 25.3. The van der Waals surface area contributed by atoms with E-state index in [0.29, 0.717) is 24.9 Å². The fourth-order valence-corrected chi connectivity index (χ4v) is 4.15. The zero-order valence-corrected chi connectivity index (χ0v) is 12.5. The summed E-state index contributed by atoms with van der Waals surface area (Å²) in [6.07, 6.45) is 4.63. The van der Waals surface area contributed by atoms with E-state index in [1.165, 1.54) is 0 Å². The van der Waals surface area contributed by atoms with E-state index in [1.807, 2.05) is 16.9 Å². The molecular formula is C13H23N3O2S. The van der Waals surface area contributed by atoms with Gasteiger partial charge in [0.15, 0.2) is 9.84 Å². The van der Waals surface area contributed by atoms with Crippen LogP contribution < -0.4 is 5.32 Å². The lowest BCUT2D eigenvalue weighted by atomic mass is 10.2. The molecule has 108 valence electrons. The Hall–Kier alpha value is -0.880. The zero-order valence-electron chi connectivity index (χ0n) is 11.7. The highest BCUT2D eigenvalue weighted by molar-refractivity contribution is 7.92. The van der Waals surface area contributed by atoms with Crippen molar-refractivity contribution < 1.29 is 8.42 Å². The number of sulfone groups is 1. The van der Waals surface area contributed by atoms with Gasteiger partial charge < -0.3 is 5.32 Å². The molecule has 2 atom stereocenters. The summed E-state index contributed by atoms with van der Waals surface area (Å²) in [5.41, 5.74) is 0.968. The fraction of sp³-hybridized carbons (Fsp3) is 0.769. The van der Waals surface area contributed by atoms with Gasteiger partial charge in [0, 0.05) is 25.3 Å². The molecule has 0 amide bonds. The number of aromatic nitrogens is 2. The van der Waals surface area contributed by atoms with Gasteiger partial charge in [-0.3, -0.25) is 4.68 Å². The van der Waals surface area contributed by atoms with Gasteiger partial charge in [-0.25, -0.2) is 8.42 Å². The van der Waals surface area contributed by atoms with Gasteiger partial charge in [0.25, 0.3) is 0 Å². The third-order valence-electron chi connectivity index (χ3n) is 3.85. The van der Waals surface area contributed by atoms with Crippen LogP contribution in [0.4, 0.5) is 0 Å². The van der Waals surface area contributed by atoms with Gasteiger partial charge >= 0.3 is 0 Å². The summed E-state index contributed by atoms with van der Waals surface area (Å²) in [6.45, 7) is 5.44. The lowest BCUT2D eigenvalue weighted by molar-refractivity contribution is 0.471. The van der Waals surface area contributed by atoms with Crippen molar-refractivity contribution >= 4 is 9.84 Å². The minimum absolute atomic E-state index is 0.204. The second kappa shape index (κ2) is 6.05. The quantitative estimate of drug-likeness (QED) is 0.861. The lowest BCUT2D eigenvalue weighted by Gasteiger charge is -2.10. The van der Waals surface area contributed by atoms with Crippen LogP contribution in [0.3, 0.4) is 0 Å². The Morgan fingerprint density at radius 2 is 2.37 bits per heavy atom. The summed E-state index contributed by atoms with van der Waals surface area (Å²) in [5.74, 6) is 0.349. The summed E-state index contributed by atoms with van der Waals surface area (Å²) in [6, 6.07) is 2.39. The van der Waals surface area contributed by atoms with Gasteiger partial charge in [0.05, 0.1) is 16.7 Å². The van der Waals surface area contributed by atoms with Gasteiger partial charge in [-0.1, -0.05) is 6.92 Å². The second-order valence-electron chi connectivity index (χ2n) is 5.31. The van der Waals surface area contributed by atoms with E-state index >= 15 is 0 Å². The molecule has 0 aromatic carbocycles. The van der Waals surface area contributed by atoms with Crippen molar-refractivity contribution in [2.24, 2.45) is 0 Å². The van der Waals surface area contributed by atoms with Gasteiger partial charge in [-0.2, -0.15) is 5.10 Å². The molecule has 1 N–H and O–H groups in total. The number of hydrogen-bond acceptors (Lipinski definition) is 4. The smallest absolute Gasteiger partial charge is 0.154 e. The third kappa shape index (κ3) is 3.57. The Kier molecular flexibility index (Phi) is 4.62. The molecule has 0 saturated carbocycles. The molecule has 0 spiro atoms. The third-order valence-corrected chi connectivity index (χ3v) is 6.12. The van der Waals surface area contributed by atoms with Crippen molar-refractivity contribution in [3.63, 3.8) is 0 Å². The van der Waals surface area contributed by atoms with Gasteiger partial charge in [-0.05, 0) is 32.3 Å². The first-order valence-electron chi connectivity index (χ1n) is 6.99. The number of nitrogens with zero attached hydrogens (tertiary/aromatic N) is 2. The van der Waals surface area contributed by atoms with E-state index in [-0.39, 0.29) is 5.25 Å². The van der Waals surface area contributed by atoms with Crippen LogP contribution in [0.5, 0.6) is 0 Å². The van der Waals surface area contributed by atoms with E-state index in [1.54, 1.807) is 0 Å². The largest absolute Gasteiger partial charge is 0.310 e. The maximum Gasteiger partial charge on any atom is 0.154 e. The summed E-state index contributed by atoms with van der Waals surface area (Å²) >= 11 is 0. The average Bonchev–Trinajstić information content (AvgIpc) is 2.96. The molecule has 19 heavy (non-hydrogen) atoms. The van der Waals surface area contributed by atoms with E-state index in [9.17, 15) is 8.42 Å². The Bertz CT molecular complexity index is 510. The van der Waals surface area contributed by atoms with Crippen LogP contribution in [-0.4, -0.2) is 35.7 Å². The lowest BCUT2D eigenvalue weighted by Crippen LogP contribution is -2.30. The molecular weight excluding hydrogens is 262 g/mol. The fourth-order valence-electron chi connectivity index (χ4n) is 2.35. The molecule has 1 saturated heterocycles. The summed E-state index contributed by atoms with van der Waals surface area (Å²) in [4.78, 5) is 0. The topological polar surface area (TPSA) is 64.0 Å². The van der Waals surface area contributed by atoms with Crippen molar-refractivity contribution in [3.8, 4) is 0 Å². The number of rotatable bonds is 6. The molecule has 2 rings (SSSR count). The van der Waals surface area contributed by atoms with Gasteiger partial charge in [0.1, 0.15) is 0 Å². The zero-order chi connectivity index (χ0) is 13.9. The highest BCUT2D eigenvalue weighted by atomic mass is 32.2. The Labute approximate surface area is 115 Å². The van der Waals surface area contributed by atoms with Crippen molar-refractivity contribution in [1.82, 2.24) is 15.1 Å². The maximum absolute atomic E-state index is 11.7. The second-order valence-corrected chi connectivity index (χ2v) is 7.71. The molecule has 1 aliphatic rings. The van der Waals surface area contributed by atoms with Crippen molar-refractivity contribution in [2.75, 3.05) is 12.3 Å². The van der Waals surface area contributed by atoms with Crippen molar-refractivity contribution in [3.05, 3.63) is 18.0 Å². The van der Waals surface area contributed by atoms with E-state index in [4.69, 9.17) is 0 Å². The predicted octanol–water partition coefficient (Wildman–Crippen LogP) is 1.52. The average molecular weight is 285 g/mol. The molecule has 0 aliphatic carbocycles. The van der Waals surface area contributed by atoms with Crippen LogP contribution >= 0.6 is 0 Å². The highest BCUT2D eigenvalue weighted by Crippen LogP contribution is 2.19. The maximum atomic E-state index is 11.7. The van der Waals surface area contributed by atoms with Crippen LogP contribution in [0.25, 0.3) is 0 Å². The van der Waals surface area contributed by atoms with Crippen LogP contribution in [-0.2, 0) is 16.4 Å². The molecule has 5 nitrogen and oxygen atoms in total. The molecule has 6 heteroatoms. The van der Waals surface area contributed by atoms with Crippen LogP contribution in [0, 0.1) is 0 Å². The molecule has 1 aromatic heterocycles. The minimum atomic E-state index is -2.84. The molecule has 2 unspecified atom stereocenters. The molecule has 1 aliphatic heterocycles. The van der Waals surface area contributed by atoms with E-state index < -0.39 is 9.84 Å². The Balaban J connectivity index is 1.81. The van der Waals surface area contributed by atoms with Gasteiger partial charge in [-0.15, -0.1) is 0 Å². The van der Waals surface area contributed by atoms with Crippen LogP contribution in [0.1, 0.15) is 44.8 Å². The molecule has 2 heterocycles. The first-order valence-corrected chi connectivity index (χ1v) is 8.71.